The van der Waals surface area contributed by atoms with E-state index in [1.54, 1.807) is 18.2 Å². The van der Waals surface area contributed by atoms with Gasteiger partial charge in [-0.05, 0) is 12.1 Å². The summed E-state index contributed by atoms with van der Waals surface area (Å²) in [5, 5.41) is 0. The minimum atomic E-state index is 0. The molecular weight excluding hydrogens is 252 g/mol. The Bertz CT molecular complexity index is 240. The van der Waals surface area contributed by atoms with E-state index in [0.717, 1.165) is 0 Å². The van der Waals surface area contributed by atoms with Gasteiger partial charge in [0.25, 0.3) is 0 Å². The Morgan fingerprint density at radius 2 is 1.21 bits per heavy atom. The molecule has 84 valence electrons. The molecule has 5 nitrogen and oxygen atoms in total. The molecule has 0 heterocycles. The van der Waals surface area contributed by atoms with Gasteiger partial charge in [0.1, 0.15) is 5.69 Å². The first-order valence-electron chi connectivity index (χ1n) is 2.91. The lowest BCUT2D eigenvalue weighted by atomic mass is 10.3. The van der Waals surface area contributed by atoms with Gasteiger partial charge in [-0.3, -0.25) is 0 Å². The monoisotopic (exact) mass is 263 g/mol. The number of hydrogen-bond donors (Lipinski definition) is 3. The van der Waals surface area contributed by atoms with Gasteiger partial charge in [0, 0.05) is 0 Å². The van der Waals surface area contributed by atoms with E-state index >= 15 is 0 Å². The fourth-order valence-corrected chi connectivity index (χ4v) is 0.729. The molecule has 0 saturated carbocycles. The highest BCUT2D eigenvalue weighted by atomic mass is 35.5. The summed E-state index contributed by atoms with van der Waals surface area (Å²) in [6, 6.07) is 4.89. The zero-order valence-electron chi connectivity index (χ0n) is 7.01. The second-order valence-electron chi connectivity index (χ2n) is 1.90. The Hall–Kier alpha value is -0.590. The van der Waals surface area contributed by atoms with E-state index in [-0.39, 0.29) is 42.9 Å². The molecule has 1 aromatic rings. The van der Waals surface area contributed by atoms with Crippen LogP contribution in [0.4, 0.5) is 5.69 Å². The third-order valence-corrected chi connectivity index (χ3v) is 1.28. The van der Waals surface area contributed by atoms with Crippen molar-refractivity contribution in [1.82, 2.24) is 0 Å². The number of nitrogens with two attached hydrogens (primary N) is 3. The summed E-state index contributed by atoms with van der Waals surface area (Å²) in [5.41, 5.74) is 5.78. The van der Waals surface area contributed by atoms with Crippen LogP contribution in [0.3, 0.4) is 0 Å². The highest BCUT2D eigenvalue weighted by molar-refractivity contribution is 5.86. The molecular formula is C6H12Cl3N3O2. The molecule has 0 aliphatic rings. The summed E-state index contributed by atoms with van der Waals surface area (Å²) in [4.78, 5) is 8.85. The topological polar surface area (TPSA) is 96.5 Å². The molecule has 1 rings (SSSR count). The lowest BCUT2D eigenvalue weighted by Gasteiger charge is -2.05. The SMILES string of the molecule is Cl.Cl.Cl.NOc1cccc(ON)c1N. The number of rotatable bonds is 2. The van der Waals surface area contributed by atoms with E-state index in [1.807, 2.05) is 0 Å². The Balaban J connectivity index is -0.000000403. The van der Waals surface area contributed by atoms with Crippen LogP contribution >= 0.6 is 37.2 Å². The molecule has 0 amide bonds. The van der Waals surface area contributed by atoms with Crippen LogP contribution in [0.5, 0.6) is 11.5 Å². The molecule has 8 heteroatoms. The number of benzene rings is 1. The summed E-state index contributed by atoms with van der Waals surface area (Å²) in [6.07, 6.45) is 0. The molecule has 1 aromatic carbocycles. The van der Waals surface area contributed by atoms with Crippen molar-refractivity contribution in [2.45, 2.75) is 0 Å². The highest BCUT2D eigenvalue weighted by Gasteiger charge is 2.04. The van der Waals surface area contributed by atoms with E-state index in [0.29, 0.717) is 11.5 Å². The summed E-state index contributed by atoms with van der Waals surface area (Å²) in [5.74, 6) is 10.5. The maximum atomic E-state index is 5.49. The largest absolute Gasteiger partial charge is 0.409 e. The molecule has 0 unspecified atom stereocenters. The van der Waals surface area contributed by atoms with Crippen LogP contribution in [0.1, 0.15) is 0 Å². The molecule has 14 heavy (non-hydrogen) atoms. The maximum Gasteiger partial charge on any atom is 0.173 e. The molecule has 6 N–H and O–H groups in total. The van der Waals surface area contributed by atoms with Crippen LogP contribution in [0.2, 0.25) is 0 Å². The van der Waals surface area contributed by atoms with Gasteiger partial charge >= 0.3 is 0 Å². The number of anilines is 1. The molecule has 0 bridgehead atoms. The third-order valence-electron chi connectivity index (χ3n) is 1.28. The fraction of sp³-hybridized carbons (Fsp3) is 0. The molecule has 0 fully saturated rings. The summed E-state index contributed by atoms with van der Waals surface area (Å²) < 4.78 is 0. The quantitative estimate of drug-likeness (QED) is 0.548. The Morgan fingerprint density at radius 3 is 1.50 bits per heavy atom. The van der Waals surface area contributed by atoms with Gasteiger partial charge in [-0.2, -0.15) is 11.8 Å². The van der Waals surface area contributed by atoms with Crippen molar-refractivity contribution >= 4 is 42.9 Å². The van der Waals surface area contributed by atoms with Crippen molar-refractivity contribution in [2.75, 3.05) is 5.73 Å². The average molecular weight is 265 g/mol. The average Bonchev–Trinajstić information content (AvgIpc) is 2.05. The molecule has 0 aliphatic carbocycles. The van der Waals surface area contributed by atoms with Gasteiger partial charge in [0.2, 0.25) is 0 Å². The number of hydrogen-bond acceptors (Lipinski definition) is 5. The van der Waals surface area contributed by atoms with Gasteiger partial charge in [-0.1, -0.05) is 6.07 Å². The molecule has 0 radical (unpaired) electrons. The van der Waals surface area contributed by atoms with Crippen LogP contribution in [-0.4, -0.2) is 0 Å². The fourth-order valence-electron chi connectivity index (χ4n) is 0.729. The summed E-state index contributed by atoms with van der Waals surface area (Å²) in [7, 11) is 0. The molecule has 0 atom stereocenters. The van der Waals surface area contributed by atoms with Crippen molar-refractivity contribution in [2.24, 2.45) is 11.8 Å². The first-order valence-corrected chi connectivity index (χ1v) is 2.91. The van der Waals surface area contributed by atoms with Crippen LogP contribution in [-0.2, 0) is 0 Å². The Kier molecular flexibility index (Phi) is 12.2. The number of halogens is 3. The number of nitrogen functional groups attached to an aromatic ring is 1. The van der Waals surface area contributed by atoms with Crippen molar-refractivity contribution < 1.29 is 9.68 Å². The summed E-state index contributed by atoms with van der Waals surface area (Å²) >= 11 is 0. The van der Waals surface area contributed by atoms with Crippen molar-refractivity contribution in [1.29, 1.82) is 0 Å². The molecule has 0 spiro atoms. The van der Waals surface area contributed by atoms with E-state index in [4.69, 9.17) is 17.5 Å². The number of para-hydroxylation sites is 1. The zero-order valence-corrected chi connectivity index (χ0v) is 9.45. The van der Waals surface area contributed by atoms with Crippen LogP contribution in [0, 0.1) is 0 Å². The minimum absolute atomic E-state index is 0. The second-order valence-corrected chi connectivity index (χ2v) is 1.90. The van der Waals surface area contributed by atoms with Gasteiger partial charge in [0.15, 0.2) is 11.5 Å². The van der Waals surface area contributed by atoms with Gasteiger partial charge in [-0.15, -0.1) is 37.2 Å². The predicted molar refractivity (Wildman–Crippen MR) is 62.2 cm³/mol. The Morgan fingerprint density at radius 1 is 0.857 bits per heavy atom. The molecule has 0 saturated heterocycles. The lowest BCUT2D eigenvalue weighted by Crippen LogP contribution is -2.08. The third kappa shape index (κ3) is 4.08. The molecule has 0 aromatic heterocycles. The maximum absolute atomic E-state index is 5.49. The highest BCUT2D eigenvalue weighted by Crippen LogP contribution is 2.29. The van der Waals surface area contributed by atoms with Crippen molar-refractivity contribution in [3.05, 3.63) is 18.2 Å². The normalized spacial score (nSPS) is 7.29. The van der Waals surface area contributed by atoms with Crippen LogP contribution < -0.4 is 27.2 Å². The van der Waals surface area contributed by atoms with Gasteiger partial charge < -0.3 is 15.4 Å². The first kappa shape index (κ1) is 19.1. The Labute approximate surface area is 100 Å². The van der Waals surface area contributed by atoms with Gasteiger partial charge in [0.05, 0.1) is 0 Å². The lowest BCUT2D eigenvalue weighted by molar-refractivity contribution is 0.320. The first-order chi connectivity index (χ1) is 5.29. The zero-order chi connectivity index (χ0) is 8.27. The van der Waals surface area contributed by atoms with E-state index < -0.39 is 0 Å². The minimum Gasteiger partial charge on any atom is -0.409 e. The van der Waals surface area contributed by atoms with E-state index in [1.165, 1.54) is 0 Å². The smallest absolute Gasteiger partial charge is 0.173 e. The van der Waals surface area contributed by atoms with Gasteiger partial charge in [-0.25, -0.2) is 0 Å². The van der Waals surface area contributed by atoms with E-state index in [2.05, 4.69) is 9.68 Å². The predicted octanol–water partition coefficient (Wildman–Crippen LogP) is 1.04. The molecule has 0 aliphatic heterocycles. The van der Waals surface area contributed by atoms with Crippen molar-refractivity contribution in [3.63, 3.8) is 0 Å². The van der Waals surface area contributed by atoms with Crippen LogP contribution in [0.25, 0.3) is 0 Å². The van der Waals surface area contributed by atoms with Crippen molar-refractivity contribution in [3.8, 4) is 11.5 Å². The van der Waals surface area contributed by atoms with Crippen LogP contribution in [0.15, 0.2) is 18.2 Å². The standard InChI is InChI=1S/C6H9N3O2.3ClH/c7-6-4(10-8)2-1-3-5(6)11-9;;;/h1-3H,7-9H2;3*1H. The summed E-state index contributed by atoms with van der Waals surface area (Å²) in [6.45, 7) is 0. The van der Waals surface area contributed by atoms with E-state index in [9.17, 15) is 0 Å². The second kappa shape index (κ2) is 8.98.